The molecule has 0 fully saturated rings. The monoisotopic (exact) mass is 428 g/mol. The van der Waals surface area contributed by atoms with Crippen LogP contribution in [0.5, 0.6) is 0 Å². The van der Waals surface area contributed by atoms with Crippen LogP contribution < -0.4 is 5.32 Å². The van der Waals surface area contributed by atoms with Crippen molar-refractivity contribution in [2.24, 2.45) is 0 Å². The SMILES string of the molecule is C=CCN(CC(=O)N(Cc1ccccc1)Cc1ccco1)C(=O)Nc1ccc(C#N)cc1. The molecule has 1 heterocycles. The van der Waals surface area contributed by atoms with Gasteiger partial charge in [-0.1, -0.05) is 36.4 Å². The quantitative estimate of drug-likeness (QED) is 0.512. The number of nitrogens with zero attached hydrogens (tertiary/aromatic N) is 3. The maximum atomic E-state index is 13.2. The molecule has 0 aliphatic carbocycles. The van der Waals surface area contributed by atoms with E-state index in [1.165, 1.54) is 4.90 Å². The number of nitriles is 1. The molecule has 3 amide bonds. The smallest absolute Gasteiger partial charge is 0.322 e. The van der Waals surface area contributed by atoms with Gasteiger partial charge in [-0.05, 0) is 42.0 Å². The maximum absolute atomic E-state index is 13.2. The summed E-state index contributed by atoms with van der Waals surface area (Å²) in [5, 5.41) is 11.7. The van der Waals surface area contributed by atoms with Gasteiger partial charge in [-0.2, -0.15) is 5.26 Å². The molecule has 3 rings (SSSR count). The van der Waals surface area contributed by atoms with Crippen LogP contribution in [0.4, 0.5) is 10.5 Å². The van der Waals surface area contributed by atoms with Gasteiger partial charge < -0.3 is 19.5 Å². The van der Waals surface area contributed by atoms with Crippen LogP contribution in [0.1, 0.15) is 16.9 Å². The summed E-state index contributed by atoms with van der Waals surface area (Å²) in [5.74, 6) is 0.439. The Morgan fingerprint density at radius 3 is 2.38 bits per heavy atom. The third-order valence-electron chi connectivity index (χ3n) is 4.72. The van der Waals surface area contributed by atoms with Crippen LogP contribution in [-0.4, -0.2) is 34.8 Å². The number of amides is 3. The Balaban J connectivity index is 1.71. The number of hydrogen-bond acceptors (Lipinski definition) is 4. The molecule has 162 valence electrons. The lowest BCUT2D eigenvalue weighted by Crippen LogP contribution is -2.44. The number of hydrogen-bond donors (Lipinski definition) is 1. The summed E-state index contributed by atoms with van der Waals surface area (Å²) in [5.41, 5.74) is 2.01. The molecule has 2 aromatic carbocycles. The van der Waals surface area contributed by atoms with Gasteiger partial charge in [0, 0.05) is 18.8 Å². The molecule has 32 heavy (non-hydrogen) atoms. The van der Waals surface area contributed by atoms with Crippen LogP contribution in [0.25, 0.3) is 0 Å². The number of benzene rings is 2. The molecule has 0 aliphatic heterocycles. The van der Waals surface area contributed by atoms with Crippen molar-refractivity contribution in [2.45, 2.75) is 13.1 Å². The third-order valence-corrected chi connectivity index (χ3v) is 4.72. The number of rotatable bonds is 9. The largest absolute Gasteiger partial charge is 0.467 e. The average Bonchev–Trinajstić information content (AvgIpc) is 3.32. The zero-order valence-electron chi connectivity index (χ0n) is 17.6. The molecule has 1 aromatic heterocycles. The van der Waals surface area contributed by atoms with Gasteiger partial charge in [0.15, 0.2) is 0 Å². The van der Waals surface area contributed by atoms with E-state index in [0.717, 1.165) is 5.56 Å². The Hall–Kier alpha value is -4.31. The normalized spacial score (nSPS) is 10.1. The lowest BCUT2D eigenvalue weighted by atomic mass is 10.2. The highest BCUT2D eigenvalue weighted by Gasteiger charge is 2.22. The van der Waals surface area contributed by atoms with E-state index in [2.05, 4.69) is 11.9 Å². The molecule has 0 unspecified atom stereocenters. The highest BCUT2D eigenvalue weighted by molar-refractivity contribution is 5.92. The van der Waals surface area contributed by atoms with Crippen molar-refractivity contribution < 1.29 is 14.0 Å². The first-order valence-corrected chi connectivity index (χ1v) is 10.1. The van der Waals surface area contributed by atoms with Gasteiger partial charge in [0.05, 0.1) is 24.4 Å². The van der Waals surface area contributed by atoms with Crippen LogP contribution in [-0.2, 0) is 17.9 Å². The molecule has 1 N–H and O–H groups in total. The number of carbonyl (C=O) groups is 2. The van der Waals surface area contributed by atoms with Gasteiger partial charge in [0.2, 0.25) is 5.91 Å². The summed E-state index contributed by atoms with van der Waals surface area (Å²) in [4.78, 5) is 29.0. The highest BCUT2D eigenvalue weighted by atomic mass is 16.3. The Morgan fingerprint density at radius 2 is 1.75 bits per heavy atom. The van der Waals surface area contributed by atoms with Crippen molar-refractivity contribution in [3.05, 3.63) is 103 Å². The van der Waals surface area contributed by atoms with E-state index in [-0.39, 0.29) is 19.0 Å². The van der Waals surface area contributed by atoms with Crippen molar-refractivity contribution in [3.8, 4) is 6.07 Å². The van der Waals surface area contributed by atoms with E-state index >= 15 is 0 Å². The fourth-order valence-electron chi connectivity index (χ4n) is 3.10. The van der Waals surface area contributed by atoms with Crippen molar-refractivity contribution in [1.29, 1.82) is 5.26 Å². The number of anilines is 1. The molecule has 0 radical (unpaired) electrons. The first-order valence-electron chi connectivity index (χ1n) is 10.1. The van der Waals surface area contributed by atoms with E-state index in [4.69, 9.17) is 9.68 Å². The molecular formula is C25H24N4O3. The zero-order chi connectivity index (χ0) is 22.8. The van der Waals surface area contributed by atoms with Gasteiger partial charge in [-0.15, -0.1) is 6.58 Å². The standard InChI is InChI=1S/C25H24N4O3/c1-2-14-28(25(31)27-22-12-10-20(16-26)11-13-22)19-24(30)29(18-23-9-6-15-32-23)17-21-7-4-3-5-8-21/h2-13,15H,1,14,17-19H2,(H,27,31). The molecule has 3 aromatic rings. The van der Waals surface area contributed by atoms with Gasteiger partial charge in [0.25, 0.3) is 0 Å². The highest BCUT2D eigenvalue weighted by Crippen LogP contribution is 2.13. The van der Waals surface area contributed by atoms with Gasteiger partial charge >= 0.3 is 6.03 Å². The van der Waals surface area contributed by atoms with Crippen molar-refractivity contribution >= 4 is 17.6 Å². The van der Waals surface area contributed by atoms with Gasteiger partial charge in [-0.3, -0.25) is 4.79 Å². The van der Waals surface area contributed by atoms with Crippen LogP contribution in [0.3, 0.4) is 0 Å². The van der Waals surface area contributed by atoms with E-state index in [0.29, 0.717) is 30.1 Å². The summed E-state index contributed by atoms with van der Waals surface area (Å²) in [6.45, 7) is 4.45. The second-order valence-electron chi connectivity index (χ2n) is 7.10. The zero-order valence-corrected chi connectivity index (χ0v) is 17.6. The Labute approximate surface area is 187 Å². The fourth-order valence-corrected chi connectivity index (χ4v) is 3.10. The Bertz CT molecular complexity index is 1070. The minimum atomic E-state index is -0.430. The minimum absolute atomic E-state index is 0.123. The molecule has 0 saturated carbocycles. The fraction of sp³-hybridized carbons (Fsp3) is 0.160. The summed E-state index contributed by atoms with van der Waals surface area (Å²) in [6, 6.07) is 21.3. The molecule has 7 heteroatoms. The molecular weight excluding hydrogens is 404 g/mol. The number of furan rings is 1. The molecule has 0 saturated heterocycles. The summed E-state index contributed by atoms with van der Waals surface area (Å²) >= 11 is 0. The number of nitrogens with one attached hydrogen (secondary N) is 1. The van der Waals surface area contributed by atoms with Gasteiger partial charge in [-0.25, -0.2) is 4.79 Å². The number of urea groups is 1. The van der Waals surface area contributed by atoms with E-state index in [1.54, 1.807) is 47.6 Å². The van der Waals surface area contributed by atoms with Crippen molar-refractivity contribution in [3.63, 3.8) is 0 Å². The molecule has 0 bridgehead atoms. The second-order valence-corrected chi connectivity index (χ2v) is 7.10. The Kier molecular flexibility index (Phi) is 7.82. The van der Waals surface area contributed by atoms with E-state index in [1.807, 2.05) is 42.5 Å². The lowest BCUT2D eigenvalue weighted by Gasteiger charge is -2.27. The summed E-state index contributed by atoms with van der Waals surface area (Å²) in [7, 11) is 0. The molecule has 7 nitrogen and oxygen atoms in total. The van der Waals surface area contributed by atoms with Crippen molar-refractivity contribution in [1.82, 2.24) is 9.80 Å². The van der Waals surface area contributed by atoms with Crippen LogP contribution in [0, 0.1) is 11.3 Å². The minimum Gasteiger partial charge on any atom is -0.467 e. The summed E-state index contributed by atoms with van der Waals surface area (Å²) in [6.07, 6.45) is 3.13. The second kappa shape index (κ2) is 11.2. The first kappa shape index (κ1) is 22.4. The number of carbonyl (C=O) groups excluding carboxylic acids is 2. The van der Waals surface area contributed by atoms with Crippen LogP contribution in [0.15, 0.2) is 90.1 Å². The van der Waals surface area contributed by atoms with Crippen molar-refractivity contribution in [2.75, 3.05) is 18.4 Å². The average molecular weight is 428 g/mol. The van der Waals surface area contributed by atoms with Crippen LogP contribution in [0.2, 0.25) is 0 Å². The predicted octanol–water partition coefficient (Wildman–Crippen LogP) is 4.40. The lowest BCUT2D eigenvalue weighted by molar-refractivity contribution is -0.133. The van der Waals surface area contributed by atoms with Gasteiger partial charge in [0.1, 0.15) is 12.3 Å². The topological polar surface area (TPSA) is 89.6 Å². The molecule has 0 aliphatic rings. The first-order chi connectivity index (χ1) is 15.6. The summed E-state index contributed by atoms with van der Waals surface area (Å²) < 4.78 is 5.42. The third kappa shape index (κ3) is 6.34. The maximum Gasteiger partial charge on any atom is 0.322 e. The van der Waals surface area contributed by atoms with E-state index < -0.39 is 6.03 Å². The van der Waals surface area contributed by atoms with E-state index in [9.17, 15) is 9.59 Å². The molecule has 0 atom stereocenters. The Morgan fingerprint density at radius 1 is 1.00 bits per heavy atom. The molecule has 0 spiro atoms. The van der Waals surface area contributed by atoms with Crippen LogP contribution >= 0.6 is 0 Å². The predicted molar refractivity (Wildman–Crippen MR) is 121 cm³/mol.